The number of hydrogen-bond donors (Lipinski definition) is 3. The highest BCUT2D eigenvalue weighted by Crippen LogP contribution is 2.31. The molecule has 0 saturated carbocycles. The molecule has 8 heteroatoms. The number of nitrogens with zero attached hydrogens (tertiary/aromatic N) is 3. The van der Waals surface area contributed by atoms with Crippen LogP contribution in [0.25, 0.3) is 11.3 Å². The molecule has 0 saturated heterocycles. The van der Waals surface area contributed by atoms with E-state index in [4.69, 9.17) is 4.74 Å². The molecule has 0 spiro atoms. The highest BCUT2D eigenvalue weighted by atomic mass is 16.5. The Kier molecular flexibility index (Phi) is 6.03. The second-order valence-corrected chi connectivity index (χ2v) is 7.91. The molecule has 1 aliphatic rings. The second-order valence-electron chi connectivity index (χ2n) is 7.91. The summed E-state index contributed by atoms with van der Waals surface area (Å²) in [6.45, 7) is 0. The molecule has 8 nitrogen and oxygen atoms in total. The number of rotatable bonds is 6. The van der Waals surface area contributed by atoms with Gasteiger partial charge in [0.1, 0.15) is 5.75 Å². The summed E-state index contributed by atoms with van der Waals surface area (Å²) in [5, 5.41) is 8.69. The molecule has 2 heterocycles. The van der Waals surface area contributed by atoms with E-state index >= 15 is 0 Å². The number of nitrogens with one attached hydrogen (secondary N) is 3. The number of aromatic nitrogens is 3. The second kappa shape index (κ2) is 9.58. The Hall–Kier alpha value is -4.46. The van der Waals surface area contributed by atoms with E-state index in [0.717, 1.165) is 24.1 Å². The van der Waals surface area contributed by atoms with Crippen LogP contribution in [0.5, 0.6) is 11.6 Å². The van der Waals surface area contributed by atoms with Crippen molar-refractivity contribution in [2.24, 2.45) is 0 Å². The zero-order chi connectivity index (χ0) is 23.3. The maximum absolute atomic E-state index is 12.4. The SMILES string of the molecule is CNc1nccc(-c2cccnc2Oc2ccc(NC(=O)Nc3ccc4c(c3)CCC4)cc2)n1. The Morgan fingerprint density at radius 1 is 0.882 bits per heavy atom. The minimum Gasteiger partial charge on any atom is -0.438 e. The number of urea groups is 1. The first-order chi connectivity index (χ1) is 16.7. The van der Waals surface area contributed by atoms with Gasteiger partial charge in [0, 0.05) is 30.8 Å². The van der Waals surface area contributed by atoms with Gasteiger partial charge in [0.2, 0.25) is 11.8 Å². The summed E-state index contributed by atoms with van der Waals surface area (Å²) in [6, 6.07) is 18.5. The first kappa shape index (κ1) is 21.4. The third-order valence-corrected chi connectivity index (χ3v) is 5.61. The van der Waals surface area contributed by atoms with Crippen molar-refractivity contribution in [3.05, 3.63) is 84.2 Å². The average molecular weight is 453 g/mol. The van der Waals surface area contributed by atoms with Crippen molar-refractivity contribution in [3.63, 3.8) is 0 Å². The maximum atomic E-state index is 12.4. The largest absolute Gasteiger partial charge is 0.438 e. The van der Waals surface area contributed by atoms with E-state index in [1.54, 1.807) is 49.8 Å². The molecule has 0 atom stereocenters. The zero-order valence-corrected chi connectivity index (χ0v) is 18.7. The van der Waals surface area contributed by atoms with Crippen LogP contribution in [-0.2, 0) is 12.8 Å². The Morgan fingerprint density at radius 2 is 1.68 bits per heavy atom. The third kappa shape index (κ3) is 4.80. The number of carbonyl (C=O) groups excluding carboxylic acids is 1. The van der Waals surface area contributed by atoms with Crippen LogP contribution in [0.1, 0.15) is 17.5 Å². The number of ether oxygens (including phenoxy) is 1. The van der Waals surface area contributed by atoms with Gasteiger partial charge in [0.05, 0.1) is 11.3 Å². The van der Waals surface area contributed by atoms with E-state index in [2.05, 4.69) is 43.0 Å². The number of anilines is 3. The molecule has 5 rings (SSSR count). The summed E-state index contributed by atoms with van der Waals surface area (Å²) in [5.41, 5.74) is 5.59. The quantitative estimate of drug-likeness (QED) is 0.357. The Labute approximate surface area is 197 Å². The lowest BCUT2D eigenvalue weighted by atomic mass is 10.1. The summed E-state index contributed by atoms with van der Waals surface area (Å²) < 4.78 is 6.02. The van der Waals surface area contributed by atoms with Crippen molar-refractivity contribution in [2.75, 3.05) is 23.0 Å². The number of carbonyl (C=O) groups is 1. The Morgan fingerprint density at radius 3 is 2.53 bits per heavy atom. The zero-order valence-electron chi connectivity index (χ0n) is 18.7. The molecule has 0 unspecified atom stereocenters. The number of benzene rings is 2. The molecule has 1 aliphatic carbocycles. The van der Waals surface area contributed by atoms with Crippen LogP contribution in [0, 0.1) is 0 Å². The maximum Gasteiger partial charge on any atom is 0.323 e. The minimum atomic E-state index is -0.289. The molecule has 170 valence electrons. The normalized spacial score (nSPS) is 12.0. The van der Waals surface area contributed by atoms with E-state index in [9.17, 15) is 4.79 Å². The van der Waals surface area contributed by atoms with Crippen LogP contribution in [0.4, 0.5) is 22.1 Å². The van der Waals surface area contributed by atoms with Crippen molar-refractivity contribution in [3.8, 4) is 22.9 Å². The molecule has 3 N–H and O–H groups in total. The fraction of sp³-hybridized carbons (Fsp3) is 0.154. The number of hydrogen-bond acceptors (Lipinski definition) is 6. The van der Waals surface area contributed by atoms with E-state index in [-0.39, 0.29) is 6.03 Å². The lowest BCUT2D eigenvalue weighted by molar-refractivity contribution is 0.262. The first-order valence-electron chi connectivity index (χ1n) is 11.1. The molecule has 0 aliphatic heterocycles. The molecular weight excluding hydrogens is 428 g/mol. The van der Waals surface area contributed by atoms with Gasteiger partial charge >= 0.3 is 6.03 Å². The minimum absolute atomic E-state index is 0.289. The van der Waals surface area contributed by atoms with Gasteiger partial charge < -0.3 is 20.7 Å². The van der Waals surface area contributed by atoms with Crippen LogP contribution in [-0.4, -0.2) is 28.0 Å². The smallest absolute Gasteiger partial charge is 0.323 e. The number of fused-ring (bicyclic) bond motifs is 1. The standard InChI is InChI=1S/C26H24N6O2/c1-27-25-29-15-13-23(32-25)22-6-3-14-28-24(22)34-21-11-9-19(10-12-21)30-26(33)31-20-8-7-17-4-2-5-18(17)16-20/h3,6-16H,2,4-5H2,1H3,(H,27,29,32)(H2,30,31,33). The monoisotopic (exact) mass is 452 g/mol. The van der Waals surface area contributed by atoms with Gasteiger partial charge in [-0.1, -0.05) is 6.07 Å². The molecule has 0 bridgehead atoms. The van der Waals surface area contributed by atoms with Crippen molar-refractivity contribution < 1.29 is 9.53 Å². The van der Waals surface area contributed by atoms with Crippen molar-refractivity contribution in [2.45, 2.75) is 19.3 Å². The van der Waals surface area contributed by atoms with Crippen LogP contribution in [0.3, 0.4) is 0 Å². The van der Waals surface area contributed by atoms with Crippen molar-refractivity contribution >= 4 is 23.4 Å². The Bertz CT molecular complexity index is 1320. The number of amides is 2. The topological polar surface area (TPSA) is 101 Å². The van der Waals surface area contributed by atoms with Crippen molar-refractivity contribution in [1.29, 1.82) is 0 Å². The fourth-order valence-electron chi connectivity index (χ4n) is 3.96. The highest BCUT2D eigenvalue weighted by Gasteiger charge is 2.13. The van der Waals surface area contributed by atoms with Crippen LogP contribution < -0.4 is 20.7 Å². The summed E-state index contributed by atoms with van der Waals surface area (Å²) in [6.07, 6.45) is 6.71. The van der Waals surface area contributed by atoms with Gasteiger partial charge in [-0.2, -0.15) is 0 Å². The molecule has 2 amide bonds. The highest BCUT2D eigenvalue weighted by molar-refractivity contribution is 5.99. The molecule has 4 aromatic rings. The van der Waals surface area contributed by atoms with Gasteiger partial charge in [-0.15, -0.1) is 0 Å². The number of aryl methyl sites for hydroxylation is 2. The molecule has 34 heavy (non-hydrogen) atoms. The molecule has 0 fully saturated rings. The predicted octanol–water partition coefficient (Wildman–Crippen LogP) is 5.51. The van der Waals surface area contributed by atoms with Crippen LogP contribution >= 0.6 is 0 Å². The molecular formula is C26H24N6O2. The van der Waals surface area contributed by atoms with E-state index in [1.807, 2.05) is 18.2 Å². The summed E-state index contributed by atoms with van der Waals surface area (Å²) in [5.74, 6) is 1.53. The first-order valence-corrected chi connectivity index (χ1v) is 11.1. The van der Waals surface area contributed by atoms with E-state index in [1.165, 1.54) is 17.5 Å². The number of pyridine rings is 1. The van der Waals surface area contributed by atoms with Crippen LogP contribution in [0.15, 0.2) is 73.1 Å². The van der Waals surface area contributed by atoms with Gasteiger partial charge in [-0.25, -0.2) is 19.7 Å². The third-order valence-electron chi connectivity index (χ3n) is 5.61. The fourth-order valence-corrected chi connectivity index (χ4v) is 3.96. The van der Waals surface area contributed by atoms with Crippen molar-refractivity contribution in [1.82, 2.24) is 15.0 Å². The molecule has 2 aromatic heterocycles. The van der Waals surface area contributed by atoms with Gasteiger partial charge in [0.15, 0.2) is 0 Å². The van der Waals surface area contributed by atoms with Gasteiger partial charge in [-0.3, -0.25) is 0 Å². The van der Waals surface area contributed by atoms with Crippen LogP contribution in [0.2, 0.25) is 0 Å². The molecule has 2 aromatic carbocycles. The van der Waals surface area contributed by atoms with E-state index in [0.29, 0.717) is 29.0 Å². The predicted molar refractivity (Wildman–Crippen MR) is 132 cm³/mol. The lowest BCUT2D eigenvalue weighted by Crippen LogP contribution is -2.19. The van der Waals surface area contributed by atoms with Gasteiger partial charge in [-0.05, 0) is 85.0 Å². The van der Waals surface area contributed by atoms with Gasteiger partial charge in [0.25, 0.3) is 0 Å². The summed E-state index contributed by atoms with van der Waals surface area (Å²) in [7, 11) is 1.77. The van der Waals surface area contributed by atoms with E-state index < -0.39 is 0 Å². The molecule has 0 radical (unpaired) electrons. The average Bonchev–Trinajstić information content (AvgIpc) is 3.33. The lowest BCUT2D eigenvalue weighted by Gasteiger charge is -2.12. The summed E-state index contributed by atoms with van der Waals surface area (Å²) in [4.78, 5) is 25.4. The Balaban J connectivity index is 1.25. The summed E-state index contributed by atoms with van der Waals surface area (Å²) >= 11 is 0.